The SMILES string of the molecule is O=C(c1scc2c1CCCC2)N1CCn2nc([C@@H](O)CO)cc2C1. The van der Waals surface area contributed by atoms with Crippen LogP contribution in [0.4, 0.5) is 0 Å². The molecule has 0 spiro atoms. The molecule has 3 heterocycles. The first-order valence-electron chi connectivity index (χ1n) is 8.41. The zero-order chi connectivity index (χ0) is 16.7. The number of aromatic nitrogens is 2. The second-order valence-electron chi connectivity index (χ2n) is 6.48. The van der Waals surface area contributed by atoms with Crippen molar-refractivity contribution in [3.8, 4) is 0 Å². The van der Waals surface area contributed by atoms with E-state index in [-0.39, 0.29) is 12.5 Å². The van der Waals surface area contributed by atoms with Crippen LogP contribution in [-0.2, 0) is 25.9 Å². The number of carbonyl (C=O) groups excluding carboxylic acids is 1. The summed E-state index contributed by atoms with van der Waals surface area (Å²) in [5, 5.41) is 25.3. The molecule has 2 N–H and O–H groups in total. The monoisotopic (exact) mass is 347 g/mol. The van der Waals surface area contributed by atoms with E-state index < -0.39 is 6.10 Å². The Bertz CT molecular complexity index is 767. The topological polar surface area (TPSA) is 78.6 Å². The highest BCUT2D eigenvalue weighted by atomic mass is 32.1. The van der Waals surface area contributed by atoms with Gasteiger partial charge in [0.1, 0.15) is 6.10 Å². The maximum absolute atomic E-state index is 13.0. The third-order valence-electron chi connectivity index (χ3n) is 4.92. The Balaban J connectivity index is 1.55. The molecule has 0 fully saturated rings. The van der Waals surface area contributed by atoms with Gasteiger partial charge in [0.05, 0.1) is 36.0 Å². The lowest BCUT2D eigenvalue weighted by atomic mass is 9.93. The Morgan fingerprint density at radius 3 is 3.00 bits per heavy atom. The minimum Gasteiger partial charge on any atom is -0.393 e. The second-order valence-corrected chi connectivity index (χ2v) is 7.36. The smallest absolute Gasteiger partial charge is 0.264 e. The van der Waals surface area contributed by atoms with E-state index in [2.05, 4.69) is 10.5 Å². The molecule has 24 heavy (non-hydrogen) atoms. The van der Waals surface area contributed by atoms with Crippen LogP contribution in [0.1, 0.15) is 51.1 Å². The molecule has 1 aliphatic carbocycles. The van der Waals surface area contributed by atoms with E-state index >= 15 is 0 Å². The summed E-state index contributed by atoms with van der Waals surface area (Å²) in [6.45, 7) is 1.39. The Kier molecular flexibility index (Phi) is 4.15. The van der Waals surface area contributed by atoms with Gasteiger partial charge in [-0.25, -0.2) is 0 Å². The molecule has 1 amide bonds. The maximum atomic E-state index is 13.0. The van der Waals surface area contributed by atoms with Crippen molar-refractivity contribution < 1.29 is 15.0 Å². The molecule has 1 aliphatic heterocycles. The quantitative estimate of drug-likeness (QED) is 0.882. The zero-order valence-electron chi connectivity index (χ0n) is 13.4. The first kappa shape index (κ1) is 15.8. The molecule has 0 saturated carbocycles. The van der Waals surface area contributed by atoms with Crippen LogP contribution >= 0.6 is 11.3 Å². The van der Waals surface area contributed by atoms with Gasteiger partial charge in [-0.3, -0.25) is 9.48 Å². The van der Waals surface area contributed by atoms with Gasteiger partial charge in [0.15, 0.2) is 0 Å². The number of fused-ring (bicyclic) bond motifs is 2. The van der Waals surface area contributed by atoms with Gasteiger partial charge in [0, 0.05) is 6.54 Å². The summed E-state index contributed by atoms with van der Waals surface area (Å²) < 4.78 is 1.82. The van der Waals surface area contributed by atoms with Crippen LogP contribution in [0.15, 0.2) is 11.4 Å². The number of aliphatic hydroxyl groups excluding tert-OH is 2. The average molecular weight is 347 g/mol. The minimum atomic E-state index is -0.962. The number of hydrogen-bond acceptors (Lipinski definition) is 5. The minimum absolute atomic E-state index is 0.111. The fraction of sp³-hybridized carbons (Fsp3) is 0.529. The van der Waals surface area contributed by atoms with Crippen molar-refractivity contribution in [2.75, 3.05) is 13.2 Å². The lowest BCUT2D eigenvalue weighted by Gasteiger charge is -2.28. The Labute approximate surface area is 144 Å². The fourth-order valence-electron chi connectivity index (χ4n) is 3.56. The van der Waals surface area contributed by atoms with Crippen LogP contribution in [0.5, 0.6) is 0 Å². The normalized spacial score (nSPS) is 18.2. The predicted octanol–water partition coefficient (Wildman–Crippen LogP) is 1.51. The lowest BCUT2D eigenvalue weighted by Crippen LogP contribution is -2.38. The molecule has 0 saturated heterocycles. The Hall–Kier alpha value is -1.70. The molecule has 0 aromatic carbocycles. The van der Waals surface area contributed by atoms with Gasteiger partial charge in [0.2, 0.25) is 0 Å². The van der Waals surface area contributed by atoms with Crippen LogP contribution in [0.3, 0.4) is 0 Å². The summed E-state index contributed by atoms with van der Waals surface area (Å²) >= 11 is 1.58. The number of carbonyl (C=O) groups is 1. The second kappa shape index (κ2) is 6.31. The Morgan fingerprint density at radius 2 is 2.17 bits per heavy atom. The van der Waals surface area contributed by atoms with Crippen LogP contribution in [-0.4, -0.2) is 44.0 Å². The van der Waals surface area contributed by atoms with Gasteiger partial charge in [0.25, 0.3) is 5.91 Å². The lowest BCUT2D eigenvalue weighted by molar-refractivity contribution is 0.0708. The van der Waals surface area contributed by atoms with Crippen molar-refractivity contribution in [1.29, 1.82) is 0 Å². The summed E-state index contributed by atoms with van der Waals surface area (Å²) in [4.78, 5) is 15.7. The highest BCUT2D eigenvalue weighted by Crippen LogP contribution is 2.31. The molecular weight excluding hydrogens is 326 g/mol. The summed E-state index contributed by atoms with van der Waals surface area (Å²) in [7, 11) is 0. The predicted molar refractivity (Wildman–Crippen MR) is 90.0 cm³/mol. The molecule has 2 aromatic heterocycles. The van der Waals surface area contributed by atoms with Crippen molar-refractivity contribution >= 4 is 17.2 Å². The fourth-order valence-corrected chi connectivity index (χ4v) is 4.69. The Morgan fingerprint density at radius 1 is 1.33 bits per heavy atom. The molecule has 0 bridgehead atoms. The summed E-state index contributed by atoms with van der Waals surface area (Å²) in [5.41, 5.74) is 3.98. The molecule has 2 aromatic rings. The van der Waals surface area contributed by atoms with Gasteiger partial charge >= 0.3 is 0 Å². The standard InChI is InChI=1S/C17H21N3O3S/c21-9-15(22)14-7-12-8-19(5-6-20(12)18-14)17(23)16-13-4-2-1-3-11(13)10-24-16/h7,10,15,21-22H,1-6,8-9H2/t15-/m0/s1. The molecule has 4 rings (SSSR count). The number of aliphatic hydroxyl groups is 2. The van der Waals surface area contributed by atoms with Gasteiger partial charge in [-0.2, -0.15) is 5.10 Å². The largest absolute Gasteiger partial charge is 0.393 e. The first-order chi connectivity index (χ1) is 11.7. The summed E-state index contributed by atoms with van der Waals surface area (Å²) in [5.74, 6) is 0.111. The number of hydrogen-bond donors (Lipinski definition) is 2. The maximum Gasteiger partial charge on any atom is 0.264 e. The molecule has 0 unspecified atom stereocenters. The number of nitrogens with zero attached hydrogens (tertiary/aromatic N) is 3. The number of rotatable bonds is 3. The van der Waals surface area contributed by atoms with E-state index in [9.17, 15) is 9.90 Å². The number of thiophene rings is 1. The molecule has 128 valence electrons. The van der Waals surface area contributed by atoms with Gasteiger partial charge < -0.3 is 15.1 Å². The highest BCUT2D eigenvalue weighted by Gasteiger charge is 2.28. The summed E-state index contributed by atoms with van der Waals surface area (Å²) in [6, 6.07) is 1.78. The van der Waals surface area contributed by atoms with Crippen molar-refractivity contribution in [2.45, 2.75) is 44.9 Å². The first-order valence-corrected chi connectivity index (χ1v) is 9.29. The van der Waals surface area contributed by atoms with E-state index in [1.54, 1.807) is 17.4 Å². The van der Waals surface area contributed by atoms with E-state index in [0.29, 0.717) is 25.3 Å². The zero-order valence-corrected chi connectivity index (χ0v) is 14.3. The van der Waals surface area contributed by atoms with Crippen molar-refractivity contribution in [3.05, 3.63) is 38.8 Å². The van der Waals surface area contributed by atoms with Crippen LogP contribution in [0, 0.1) is 0 Å². The van der Waals surface area contributed by atoms with E-state index in [4.69, 9.17) is 5.11 Å². The highest BCUT2D eigenvalue weighted by molar-refractivity contribution is 7.12. The van der Waals surface area contributed by atoms with Crippen LogP contribution in [0.2, 0.25) is 0 Å². The number of aryl methyl sites for hydroxylation is 1. The molecule has 2 aliphatic rings. The van der Waals surface area contributed by atoms with E-state index in [0.717, 1.165) is 23.4 Å². The van der Waals surface area contributed by atoms with Crippen LogP contribution < -0.4 is 0 Å². The third-order valence-corrected chi connectivity index (χ3v) is 5.98. The molecular formula is C17H21N3O3S. The average Bonchev–Trinajstić information content (AvgIpc) is 3.23. The molecule has 6 nitrogen and oxygen atoms in total. The van der Waals surface area contributed by atoms with Crippen molar-refractivity contribution in [1.82, 2.24) is 14.7 Å². The van der Waals surface area contributed by atoms with Gasteiger partial charge in [-0.1, -0.05) is 0 Å². The molecule has 1 atom stereocenters. The van der Waals surface area contributed by atoms with E-state index in [1.807, 2.05) is 9.58 Å². The van der Waals surface area contributed by atoms with Crippen molar-refractivity contribution in [2.24, 2.45) is 0 Å². The van der Waals surface area contributed by atoms with Gasteiger partial charge in [-0.15, -0.1) is 11.3 Å². The third kappa shape index (κ3) is 2.66. The number of amides is 1. The van der Waals surface area contributed by atoms with E-state index in [1.165, 1.54) is 24.0 Å². The van der Waals surface area contributed by atoms with Crippen molar-refractivity contribution in [3.63, 3.8) is 0 Å². The van der Waals surface area contributed by atoms with Gasteiger partial charge in [-0.05, 0) is 48.3 Å². The molecule has 7 heteroatoms. The summed E-state index contributed by atoms with van der Waals surface area (Å²) in [6.07, 6.45) is 3.53. The van der Waals surface area contributed by atoms with Crippen LogP contribution in [0.25, 0.3) is 0 Å². The molecule has 0 radical (unpaired) electrons.